The number of aliphatic carboxylic acids is 1. The summed E-state index contributed by atoms with van der Waals surface area (Å²) in [5, 5.41) is 11.0. The van der Waals surface area contributed by atoms with Gasteiger partial charge in [-0.3, -0.25) is 14.0 Å². The van der Waals surface area contributed by atoms with Crippen molar-refractivity contribution in [3.8, 4) is 0 Å². The van der Waals surface area contributed by atoms with Gasteiger partial charge < -0.3 is 10.0 Å². The molecule has 0 radical (unpaired) electrons. The number of carbonyl (C=O) groups is 2. The Balaban J connectivity index is 1.68. The van der Waals surface area contributed by atoms with Crippen molar-refractivity contribution in [3.63, 3.8) is 0 Å². The van der Waals surface area contributed by atoms with Gasteiger partial charge >= 0.3 is 5.97 Å². The van der Waals surface area contributed by atoms with Gasteiger partial charge in [-0.05, 0) is 5.92 Å². The van der Waals surface area contributed by atoms with E-state index < -0.39 is 11.9 Å². The summed E-state index contributed by atoms with van der Waals surface area (Å²) in [7, 11) is 0. The second kappa shape index (κ2) is 4.90. The van der Waals surface area contributed by atoms with E-state index >= 15 is 0 Å². The Hall–Kier alpha value is -1.89. The van der Waals surface area contributed by atoms with Gasteiger partial charge in [0.25, 0.3) is 0 Å². The molecule has 20 heavy (non-hydrogen) atoms. The molecule has 0 aromatic carbocycles. The molecule has 0 bridgehead atoms. The van der Waals surface area contributed by atoms with Gasteiger partial charge in [0.15, 0.2) is 4.96 Å². The van der Waals surface area contributed by atoms with E-state index in [1.165, 1.54) is 11.3 Å². The van der Waals surface area contributed by atoms with Gasteiger partial charge in [0.05, 0.1) is 18.0 Å². The topological polar surface area (TPSA) is 74.9 Å². The summed E-state index contributed by atoms with van der Waals surface area (Å²) in [5.74, 6) is -1.33. The number of rotatable bonds is 3. The molecule has 0 spiro atoms. The van der Waals surface area contributed by atoms with E-state index in [4.69, 9.17) is 5.11 Å². The summed E-state index contributed by atoms with van der Waals surface area (Å²) in [4.78, 5) is 30.2. The van der Waals surface area contributed by atoms with Crippen LogP contribution in [0.25, 0.3) is 4.96 Å². The van der Waals surface area contributed by atoms with Crippen LogP contribution in [0.2, 0.25) is 0 Å². The maximum atomic E-state index is 12.2. The number of hydrogen-bond donors (Lipinski definition) is 1. The third-order valence-corrected chi connectivity index (χ3v) is 4.53. The van der Waals surface area contributed by atoms with Crippen LogP contribution < -0.4 is 0 Å². The number of aromatic nitrogens is 2. The number of amides is 1. The van der Waals surface area contributed by atoms with E-state index in [1.54, 1.807) is 4.90 Å². The first-order valence-electron chi connectivity index (χ1n) is 6.46. The number of carbonyl (C=O) groups excluding carboxylic acids is 1. The van der Waals surface area contributed by atoms with Crippen LogP contribution in [0.3, 0.4) is 0 Å². The van der Waals surface area contributed by atoms with Crippen LogP contribution in [0, 0.1) is 11.8 Å². The summed E-state index contributed by atoms with van der Waals surface area (Å²) < 4.78 is 1.89. The third kappa shape index (κ3) is 2.29. The molecule has 2 aromatic rings. The normalized spacial score (nSPS) is 22.6. The van der Waals surface area contributed by atoms with Crippen LogP contribution in [0.4, 0.5) is 0 Å². The highest BCUT2D eigenvalue weighted by atomic mass is 32.1. The maximum Gasteiger partial charge on any atom is 0.308 e. The lowest BCUT2D eigenvalue weighted by Gasteiger charge is -2.14. The number of likely N-dealkylation sites (tertiary alicyclic amines) is 1. The number of hydrogen-bond acceptors (Lipinski definition) is 4. The first kappa shape index (κ1) is 13.1. The highest BCUT2D eigenvalue weighted by molar-refractivity contribution is 7.15. The first-order chi connectivity index (χ1) is 9.54. The molecule has 0 saturated carbocycles. The smallest absolute Gasteiger partial charge is 0.308 e. The van der Waals surface area contributed by atoms with Crippen LogP contribution in [-0.2, 0) is 16.0 Å². The Kier molecular flexibility index (Phi) is 3.21. The number of thiazole rings is 1. The van der Waals surface area contributed by atoms with Gasteiger partial charge in [0, 0.05) is 30.9 Å². The molecule has 3 rings (SSSR count). The molecule has 7 heteroatoms. The van der Waals surface area contributed by atoms with Gasteiger partial charge in [-0.2, -0.15) is 0 Å². The second-order valence-corrected chi connectivity index (χ2v) is 6.10. The van der Waals surface area contributed by atoms with Gasteiger partial charge in [0.2, 0.25) is 5.91 Å². The molecule has 3 heterocycles. The summed E-state index contributed by atoms with van der Waals surface area (Å²) in [6, 6.07) is 0. The molecule has 0 aliphatic carbocycles. The van der Waals surface area contributed by atoms with Gasteiger partial charge in [-0.15, -0.1) is 11.3 Å². The summed E-state index contributed by atoms with van der Waals surface area (Å²) in [6.45, 7) is 2.69. The lowest BCUT2D eigenvalue weighted by Crippen LogP contribution is -2.31. The van der Waals surface area contributed by atoms with E-state index in [9.17, 15) is 9.59 Å². The van der Waals surface area contributed by atoms with Crippen LogP contribution in [0.5, 0.6) is 0 Å². The van der Waals surface area contributed by atoms with E-state index in [-0.39, 0.29) is 18.2 Å². The minimum absolute atomic E-state index is 0.00180. The molecule has 1 N–H and O–H groups in total. The van der Waals surface area contributed by atoms with Gasteiger partial charge in [-0.1, -0.05) is 6.92 Å². The third-order valence-electron chi connectivity index (χ3n) is 3.76. The van der Waals surface area contributed by atoms with Crippen molar-refractivity contribution in [2.24, 2.45) is 11.8 Å². The Labute approximate surface area is 119 Å². The average Bonchev–Trinajstić information content (AvgIpc) is 3.02. The molecule has 1 amide bonds. The fraction of sp³-hybridized carbons (Fsp3) is 0.462. The maximum absolute atomic E-state index is 12.2. The van der Waals surface area contributed by atoms with E-state index in [1.807, 2.05) is 29.1 Å². The Morgan fingerprint density at radius 3 is 2.95 bits per heavy atom. The van der Waals surface area contributed by atoms with Crippen molar-refractivity contribution in [2.75, 3.05) is 13.1 Å². The quantitative estimate of drug-likeness (QED) is 0.920. The van der Waals surface area contributed by atoms with E-state index in [0.29, 0.717) is 13.1 Å². The molecule has 106 valence electrons. The first-order valence-corrected chi connectivity index (χ1v) is 7.34. The summed E-state index contributed by atoms with van der Waals surface area (Å²) in [6.07, 6.45) is 3.98. The van der Waals surface area contributed by atoms with Crippen molar-refractivity contribution < 1.29 is 14.7 Å². The fourth-order valence-electron chi connectivity index (χ4n) is 2.62. The van der Waals surface area contributed by atoms with Gasteiger partial charge in [-0.25, -0.2) is 4.98 Å². The number of carboxylic acids is 1. The minimum Gasteiger partial charge on any atom is -0.481 e. The Bertz CT molecular complexity index is 634. The van der Waals surface area contributed by atoms with E-state index in [0.717, 1.165) is 10.7 Å². The molecule has 2 aromatic heterocycles. The fourth-order valence-corrected chi connectivity index (χ4v) is 3.34. The molecule has 0 unspecified atom stereocenters. The van der Waals surface area contributed by atoms with Crippen LogP contribution in [-0.4, -0.2) is 44.4 Å². The van der Waals surface area contributed by atoms with Crippen molar-refractivity contribution in [1.82, 2.24) is 14.3 Å². The monoisotopic (exact) mass is 293 g/mol. The SMILES string of the molecule is C[C@@H]1CN(C(=O)Cc2cn3ccsc3n2)C[C@H]1C(=O)O. The highest BCUT2D eigenvalue weighted by Gasteiger charge is 2.36. The summed E-state index contributed by atoms with van der Waals surface area (Å²) >= 11 is 1.52. The molecule has 6 nitrogen and oxygen atoms in total. The highest BCUT2D eigenvalue weighted by Crippen LogP contribution is 2.24. The predicted octanol–water partition coefficient (Wildman–Crippen LogP) is 1.12. The predicted molar refractivity (Wildman–Crippen MR) is 73.6 cm³/mol. The van der Waals surface area contributed by atoms with Crippen molar-refractivity contribution in [1.29, 1.82) is 0 Å². The number of imidazole rings is 1. The minimum atomic E-state index is -0.824. The van der Waals surface area contributed by atoms with Crippen molar-refractivity contribution in [3.05, 3.63) is 23.5 Å². The lowest BCUT2D eigenvalue weighted by molar-refractivity contribution is -0.142. The molecular weight excluding hydrogens is 278 g/mol. The zero-order valence-corrected chi connectivity index (χ0v) is 11.8. The molecule has 1 aliphatic heterocycles. The summed E-state index contributed by atoms with van der Waals surface area (Å²) in [5.41, 5.74) is 0.730. The molecule has 1 fully saturated rings. The average molecular weight is 293 g/mol. The Morgan fingerprint density at radius 1 is 1.50 bits per heavy atom. The number of nitrogens with zero attached hydrogens (tertiary/aromatic N) is 3. The van der Waals surface area contributed by atoms with Crippen LogP contribution >= 0.6 is 11.3 Å². The molecule has 2 atom stereocenters. The largest absolute Gasteiger partial charge is 0.481 e. The zero-order chi connectivity index (χ0) is 14.3. The van der Waals surface area contributed by atoms with Crippen molar-refractivity contribution >= 4 is 28.2 Å². The zero-order valence-electron chi connectivity index (χ0n) is 11.0. The van der Waals surface area contributed by atoms with Crippen molar-refractivity contribution in [2.45, 2.75) is 13.3 Å². The van der Waals surface area contributed by atoms with E-state index in [2.05, 4.69) is 4.98 Å². The lowest BCUT2D eigenvalue weighted by atomic mass is 9.99. The number of carboxylic acid groups (broad SMARTS) is 1. The molecule has 1 saturated heterocycles. The standard InChI is InChI=1S/C13H15N3O3S/c1-8-5-16(7-10(8)12(18)19)11(17)4-9-6-15-2-3-20-13(15)14-9/h2-3,6,8,10H,4-5,7H2,1H3,(H,18,19)/t8-,10-/m1/s1. The molecule has 1 aliphatic rings. The van der Waals surface area contributed by atoms with Gasteiger partial charge in [0.1, 0.15) is 0 Å². The van der Waals surface area contributed by atoms with Crippen LogP contribution in [0.1, 0.15) is 12.6 Å². The van der Waals surface area contributed by atoms with Crippen LogP contribution in [0.15, 0.2) is 17.8 Å². The number of fused-ring (bicyclic) bond motifs is 1. The molecular formula is C13H15N3O3S. The Morgan fingerprint density at radius 2 is 2.30 bits per heavy atom. The second-order valence-electron chi connectivity index (χ2n) is 5.22.